The van der Waals surface area contributed by atoms with Gasteiger partial charge < -0.3 is 19.5 Å². The van der Waals surface area contributed by atoms with Crippen LogP contribution in [0.5, 0.6) is 0 Å². The van der Waals surface area contributed by atoms with E-state index in [4.69, 9.17) is 14.2 Å². The van der Waals surface area contributed by atoms with E-state index in [2.05, 4.69) is 27.1 Å². The molecule has 0 aromatic carbocycles. The van der Waals surface area contributed by atoms with Crippen LogP contribution in [0.2, 0.25) is 0 Å². The molecule has 1 amide bonds. The smallest absolute Gasteiger partial charge is 0.408 e. The number of ether oxygens (including phenoxy) is 3. The SMILES string of the molecule is CC[C@H]1OC(=O)[C@H](C)C(=O)[C@H](C)[C][C@](C)(OC/C=C/c2ccc(-c3nnn(C)n3)s2)C[C@@H](C)C(=O)[C@H](C)[C@H]2NC(=O)O[C@@]21C. The van der Waals surface area contributed by atoms with Crippen molar-refractivity contribution in [2.45, 2.75) is 84.7 Å². The molecule has 1 N–H and O–H groups in total. The zero-order valence-corrected chi connectivity index (χ0v) is 27.3. The highest BCUT2D eigenvalue weighted by atomic mass is 32.1. The Morgan fingerprint density at radius 2 is 1.89 bits per heavy atom. The van der Waals surface area contributed by atoms with Crippen LogP contribution in [0.4, 0.5) is 4.79 Å². The van der Waals surface area contributed by atoms with Crippen LogP contribution in [0.15, 0.2) is 18.2 Å². The lowest BCUT2D eigenvalue weighted by Crippen LogP contribution is -2.57. The number of aromatic nitrogens is 4. The molecular weight excluding hydrogens is 586 g/mol. The van der Waals surface area contributed by atoms with Crippen molar-refractivity contribution in [3.05, 3.63) is 29.5 Å². The normalized spacial score (nSPS) is 33.9. The number of aryl methyl sites for hydroxylation is 1. The number of amides is 1. The first-order chi connectivity index (χ1) is 20.7. The van der Waals surface area contributed by atoms with Crippen molar-refractivity contribution < 1.29 is 33.4 Å². The fraction of sp³-hybridized carbons (Fsp3) is 0.613. The van der Waals surface area contributed by atoms with E-state index in [1.807, 2.05) is 24.3 Å². The highest BCUT2D eigenvalue weighted by Gasteiger charge is 2.56. The molecule has 2 aliphatic rings. The van der Waals surface area contributed by atoms with Gasteiger partial charge in [-0.25, -0.2) is 4.79 Å². The average molecular weight is 628 g/mol. The van der Waals surface area contributed by atoms with Gasteiger partial charge in [0.25, 0.3) is 0 Å². The molecule has 238 valence electrons. The number of nitrogens with one attached hydrogen (secondary N) is 1. The van der Waals surface area contributed by atoms with Crippen LogP contribution in [-0.2, 0) is 35.6 Å². The lowest BCUT2D eigenvalue weighted by molar-refractivity contribution is -0.170. The largest absolute Gasteiger partial charge is 0.458 e. The molecular formula is C31H41N5O7S. The minimum absolute atomic E-state index is 0.117. The van der Waals surface area contributed by atoms with Gasteiger partial charge in [-0.1, -0.05) is 33.8 Å². The second kappa shape index (κ2) is 13.3. The van der Waals surface area contributed by atoms with Crippen molar-refractivity contribution in [1.82, 2.24) is 25.5 Å². The molecule has 2 fully saturated rings. The van der Waals surface area contributed by atoms with Gasteiger partial charge in [0.15, 0.2) is 5.60 Å². The first-order valence-corrected chi connectivity index (χ1v) is 15.7. The van der Waals surface area contributed by atoms with Crippen LogP contribution in [0.25, 0.3) is 16.8 Å². The Balaban J connectivity index is 1.56. The van der Waals surface area contributed by atoms with Gasteiger partial charge in [0.05, 0.1) is 30.2 Å². The predicted molar refractivity (Wildman–Crippen MR) is 162 cm³/mol. The second-order valence-corrected chi connectivity index (χ2v) is 13.2. The summed E-state index contributed by atoms with van der Waals surface area (Å²) in [5.41, 5.74) is -2.42. The van der Waals surface area contributed by atoms with E-state index >= 15 is 0 Å². The summed E-state index contributed by atoms with van der Waals surface area (Å²) in [7, 11) is 1.71. The van der Waals surface area contributed by atoms with Gasteiger partial charge in [0.1, 0.15) is 23.6 Å². The van der Waals surface area contributed by atoms with Crippen LogP contribution in [0, 0.1) is 30.1 Å². The Bertz CT molecular complexity index is 1420. The summed E-state index contributed by atoms with van der Waals surface area (Å²) >= 11 is 1.51. The summed E-state index contributed by atoms with van der Waals surface area (Å²) in [6.07, 6.45) is 6.01. The van der Waals surface area contributed by atoms with Crippen LogP contribution >= 0.6 is 11.3 Å². The van der Waals surface area contributed by atoms with E-state index in [0.29, 0.717) is 12.2 Å². The number of hydrogen-bond donors (Lipinski definition) is 1. The van der Waals surface area contributed by atoms with Crippen LogP contribution in [0.1, 0.15) is 66.2 Å². The lowest BCUT2D eigenvalue weighted by Gasteiger charge is -2.39. The van der Waals surface area contributed by atoms with Crippen molar-refractivity contribution in [2.75, 3.05) is 6.61 Å². The fourth-order valence-corrected chi connectivity index (χ4v) is 6.98. The van der Waals surface area contributed by atoms with Crippen LogP contribution in [0.3, 0.4) is 0 Å². The number of cyclic esters (lactones) is 1. The number of Topliss-reactive ketones (excluding diaryl/α,β-unsaturated/α-hetero) is 2. The number of nitrogens with zero attached hydrogens (tertiary/aromatic N) is 4. The zero-order chi connectivity index (χ0) is 32.4. The summed E-state index contributed by atoms with van der Waals surface area (Å²) < 4.78 is 17.7. The van der Waals surface area contributed by atoms with Gasteiger partial charge >= 0.3 is 12.1 Å². The molecule has 8 atom stereocenters. The van der Waals surface area contributed by atoms with Crippen LogP contribution < -0.4 is 5.32 Å². The van der Waals surface area contributed by atoms with Gasteiger partial charge in [-0.3, -0.25) is 14.4 Å². The van der Waals surface area contributed by atoms with Gasteiger partial charge in [-0.15, -0.1) is 21.5 Å². The molecule has 12 nitrogen and oxygen atoms in total. The molecule has 0 unspecified atom stereocenters. The number of ketones is 2. The van der Waals surface area contributed by atoms with Crippen molar-refractivity contribution in [3.8, 4) is 10.7 Å². The molecule has 0 bridgehead atoms. The van der Waals surface area contributed by atoms with Gasteiger partial charge in [-0.05, 0) is 57.0 Å². The van der Waals surface area contributed by atoms with Crippen molar-refractivity contribution >= 4 is 41.0 Å². The topological polar surface area (TPSA) is 152 Å². The molecule has 2 aromatic rings. The number of tetrazole rings is 1. The molecule has 4 rings (SSSR count). The van der Waals surface area contributed by atoms with E-state index < -0.39 is 59.1 Å². The van der Waals surface area contributed by atoms with Crippen molar-refractivity contribution in [3.63, 3.8) is 0 Å². The molecule has 4 heterocycles. The minimum atomic E-state index is -1.30. The molecule has 0 aliphatic carbocycles. The number of carbonyl (C=O) groups excluding carboxylic acids is 4. The molecule has 2 aliphatic heterocycles. The van der Waals surface area contributed by atoms with E-state index in [9.17, 15) is 19.2 Å². The van der Waals surface area contributed by atoms with Crippen LogP contribution in [-0.4, -0.2) is 73.8 Å². The Hall–Kier alpha value is -3.45. The standard InChI is InChI=1S/C31H41N5O7S/c1-9-23-31(7)26(32-29(40)43-31)19(4)24(37)17(2)15-30(6,16-18(3)25(38)20(5)28(39)42-23)41-14-10-11-21-12-13-22(44-21)27-33-35-36(8)34-27/h10-13,17-20,23,26H,9,14-15H2,1-8H3,(H,32,40)/b11-10+/t17-,18-,19+,20-,23-,26-,30-,31-/m1/s1. The van der Waals surface area contributed by atoms with Gasteiger partial charge in [0, 0.05) is 29.1 Å². The highest BCUT2D eigenvalue weighted by Crippen LogP contribution is 2.38. The zero-order valence-electron chi connectivity index (χ0n) is 26.4. The molecule has 2 saturated heterocycles. The monoisotopic (exact) mass is 627 g/mol. The summed E-state index contributed by atoms with van der Waals surface area (Å²) in [4.78, 5) is 56.0. The number of carbonyl (C=O) groups is 4. The predicted octanol–water partition coefficient (Wildman–Crippen LogP) is 4.08. The molecule has 2 radical (unpaired) electrons. The quantitative estimate of drug-likeness (QED) is 0.366. The highest BCUT2D eigenvalue weighted by molar-refractivity contribution is 7.16. The maximum atomic E-state index is 13.8. The first kappa shape index (κ1) is 33.4. The van der Waals surface area contributed by atoms with E-state index in [1.165, 1.54) is 23.1 Å². The number of alkyl carbamates (subject to hydrolysis) is 1. The summed E-state index contributed by atoms with van der Waals surface area (Å²) in [6, 6.07) is 3.12. The summed E-state index contributed by atoms with van der Waals surface area (Å²) in [5.74, 6) is -3.72. The average Bonchev–Trinajstić information content (AvgIpc) is 3.70. The maximum absolute atomic E-state index is 13.8. The Labute approximate surface area is 261 Å². The van der Waals surface area contributed by atoms with E-state index in [0.717, 1.165) is 9.75 Å². The molecule has 2 aromatic heterocycles. The first-order valence-electron chi connectivity index (χ1n) is 14.9. The Kier molecular flexibility index (Phi) is 10.1. The third-order valence-electron chi connectivity index (χ3n) is 8.47. The van der Waals surface area contributed by atoms with Crippen molar-refractivity contribution in [2.24, 2.45) is 30.7 Å². The van der Waals surface area contributed by atoms with E-state index in [1.54, 1.807) is 48.6 Å². The summed E-state index contributed by atoms with van der Waals surface area (Å²) in [6.45, 7) is 12.1. The van der Waals surface area contributed by atoms with Crippen molar-refractivity contribution in [1.29, 1.82) is 0 Å². The molecule has 0 saturated carbocycles. The maximum Gasteiger partial charge on any atom is 0.408 e. The molecule has 44 heavy (non-hydrogen) atoms. The minimum Gasteiger partial charge on any atom is -0.458 e. The molecule has 13 heteroatoms. The number of hydrogen-bond acceptors (Lipinski definition) is 11. The van der Waals surface area contributed by atoms with E-state index in [-0.39, 0.29) is 24.6 Å². The van der Waals surface area contributed by atoms with Gasteiger partial charge in [0.2, 0.25) is 5.82 Å². The number of thiophene rings is 1. The number of fused-ring (bicyclic) bond motifs is 1. The third-order valence-corrected chi connectivity index (χ3v) is 9.51. The van der Waals surface area contributed by atoms with Gasteiger partial charge in [-0.2, -0.15) is 4.80 Å². The molecule has 0 spiro atoms. The Morgan fingerprint density at radius 1 is 1.16 bits per heavy atom. The Morgan fingerprint density at radius 3 is 2.55 bits per heavy atom. The number of esters is 1. The fourth-order valence-electron chi connectivity index (χ4n) is 6.12. The lowest BCUT2D eigenvalue weighted by atomic mass is 9.74. The summed E-state index contributed by atoms with van der Waals surface area (Å²) in [5, 5.41) is 14.9. The third kappa shape index (κ3) is 7.09. The second-order valence-electron chi connectivity index (χ2n) is 12.1. The number of rotatable bonds is 6.